The smallest absolute Gasteiger partial charge is 0.338 e. The molecule has 1 atom stereocenters. The molecule has 0 fully saturated rings. The van der Waals surface area contributed by atoms with Crippen LogP contribution in [0.15, 0.2) is 70.1 Å². The van der Waals surface area contributed by atoms with E-state index in [1.807, 2.05) is 0 Å². The second-order valence-corrected chi connectivity index (χ2v) is 9.46. The van der Waals surface area contributed by atoms with Crippen LogP contribution in [0.25, 0.3) is 6.08 Å². The molecule has 3 aromatic rings. The summed E-state index contributed by atoms with van der Waals surface area (Å²) in [5.41, 5.74) is 2.30. The van der Waals surface area contributed by atoms with Crippen molar-refractivity contribution in [2.45, 2.75) is 26.3 Å². The number of aromatic hydroxyl groups is 1. The van der Waals surface area contributed by atoms with Gasteiger partial charge in [0.2, 0.25) is 0 Å². The molecular weight excluding hydrogens is 500 g/mol. The van der Waals surface area contributed by atoms with Crippen LogP contribution >= 0.6 is 22.9 Å². The number of methoxy groups -OCH3 is 1. The highest BCUT2D eigenvalue weighted by atomic mass is 35.5. The van der Waals surface area contributed by atoms with Crippen molar-refractivity contribution < 1.29 is 19.4 Å². The maximum Gasteiger partial charge on any atom is 0.338 e. The number of phenolic OH excluding ortho intramolecular Hbond substituents is 1. The van der Waals surface area contributed by atoms with E-state index in [0.717, 1.165) is 0 Å². The zero-order chi connectivity index (χ0) is 26.0. The van der Waals surface area contributed by atoms with Gasteiger partial charge in [-0.05, 0) is 55.7 Å². The van der Waals surface area contributed by atoms with E-state index in [9.17, 15) is 14.7 Å². The van der Waals surface area contributed by atoms with E-state index in [2.05, 4.69) is 11.6 Å². The Kier molecular flexibility index (Phi) is 7.47. The zero-order valence-corrected chi connectivity index (χ0v) is 21.7. The van der Waals surface area contributed by atoms with Crippen LogP contribution in [0, 0.1) is 0 Å². The normalized spacial score (nSPS) is 15.3. The minimum atomic E-state index is -0.790. The predicted octanol–water partition coefficient (Wildman–Crippen LogP) is 3.89. The topological polar surface area (TPSA) is 90.1 Å². The van der Waals surface area contributed by atoms with Crippen molar-refractivity contribution in [1.82, 2.24) is 4.57 Å². The van der Waals surface area contributed by atoms with E-state index < -0.39 is 12.0 Å². The number of hydrogen-bond acceptors (Lipinski definition) is 7. The molecule has 0 spiro atoms. The summed E-state index contributed by atoms with van der Waals surface area (Å²) in [7, 11) is 1.47. The number of rotatable bonds is 7. The number of thiazole rings is 1. The van der Waals surface area contributed by atoms with Crippen LogP contribution in [0.5, 0.6) is 11.5 Å². The predicted molar refractivity (Wildman–Crippen MR) is 140 cm³/mol. The zero-order valence-electron chi connectivity index (χ0n) is 20.1. The number of hydrogen-bond donors (Lipinski definition) is 1. The van der Waals surface area contributed by atoms with Gasteiger partial charge in [-0.3, -0.25) is 9.36 Å². The summed E-state index contributed by atoms with van der Waals surface area (Å²) in [6.07, 6.45) is 3.82. The minimum absolute atomic E-state index is 0.0319. The number of halogens is 1. The third-order valence-corrected chi connectivity index (χ3v) is 7.10. The Hall–Kier alpha value is -3.62. The number of phenols is 1. The molecule has 2 heterocycles. The van der Waals surface area contributed by atoms with Crippen molar-refractivity contribution in [3.63, 3.8) is 0 Å². The molecule has 0 unspecified atom stereocenters. The van der Waals surface area contributed by atoms with Gasteiger partial charge in [-0.2, -0.15) is 0 Å². The van der Waals surface area contributed by atoms with Crippen LogP contribution in [0.4, 0.5) is 0 Å². The molecule has 0 saturated heterocycles. The van der Waals surface area contributed by atoms with Crippen molar-refractivity contribution >= 4 is 35.0 Å². The van der Waals surface area contributed by atoms with Crippen LogP contribution in [-0.2, 0) is 16.0 Å². The maximum absolute atomic E-state index is 13.7. The first kappa shape index (κ1) is 25.5. The number of allylic oxidation sites excluding steroid dienone is 2. The molecule has 2 aromatic carbocycles. The number of carbonyl (C=O) groups excluding carboxylic acids is 1. The maximum atomic E-state index is 13.7. The first-order chi connectivity index (χ1) is 17.3. The van der Waals surface area contributed by atoms with E-state index in [1.54, 1.807) is 62.4 Å². The lowest BCUT2D eigenvalue weighted by molar-refractivity contribution is -0.139. The van der Waals surface area contributed by atoms with Crippen LogP contribution in [0.2, 0.25) is 5.02 Å². The molecule has 7 nitrogen and oxygen atoms in total. The standard InChI is InChI=1S/C27H25ClN2O5S/c1-5-9-17-12-16(13-20(34-4)24(17)31)14-21-25(32)30-23(18-10-7-8-11-19(18)28)22(26(33)35-6-2)15(3)29-27(30)36-21/h5,7-8,10-14,23,31H,1,6,9H2,2-4H3/b21-14+/t23-/m0/s1. The van der Waals surface area contributed by atoms with Crippen LogP contribution < -0.4 is 19.6 Å². The fraction of sp³-hybridized carbons (Fsp3) is 0.222. The van der Waals surface area contributed by atoms with E-state index in [0.29, 0.717) is 48.9 Å². The average molecular weight is 525 g/mol. The van der Waals surface area contributed by atoms with Gasteiger partial charge in [0.25, 0.3) is 5.56 Å². The third-order valence-electron chi connectivity index (χ3n) is 5.77. The monoisotopic (exact) mass is 524 g/mol. The number of nitrogens with zero attached hydrogens (tertiary/aromatic N) is 2. The first-order valence-corrected chi connectivity index (χ1v) is 12.4. The molecule has 1 aliphatic rings. The van der Waals surface area contributed by atoms with Gasteiger partial charge in [-0.15, -0.1) is 6.58 Å². The average Bonchev–Trinajstić information content (AvgIpc) is 3.15. The van der Waals surface area contributed by atoms with Gasteiger partial charge in [0.1, 0.15) is 6.04 Å². The quantitative estimate of drug-likeness (QED) is 0.374. The Morgan fingerprint density at radius 1 is 1.33 bits per heavy atom. The lowest BCUT2D eigenvalue weighted by Gasteiger charge is -2.25. The molecule has 0 saturated carbocycles. The molecule has 0 amide bonds. The Bertz CT molecular complexity index is 1570. The highest BCUT2D eigenvalue weighted by Crippen LogP contribution is 2.35. The lowest BCUT2D eigenvalue weighted by atomic mass is 9.96. The summed E-state index contributed by atoms with van der Waals surface area (Å²) in [5.74, 6) is -0.220. The van der Waals surface area contributed by atoms with E-state index >= 15 is 0 Å². The van der Waals surface area contributed by atoms with Crippen molar-refractivity contribution in [2.75, 3.05) is 13.7 Å². The summed E-state index contributed by atoms with van der Waals surface area (Å²) >= 11 is 7.74. The van der Waals surface area contributed by atoms with E-state index in [-0.39, 0.29) is 23.5 Å². The molecule has 1 N–H and O–H groups in total. The van der Waals surface area contributed by atoms with Crippen LogP contribution in [-0.4, -0.2) is 29.4 Å². The highest BCUT2D eigenvalue weighted by Gasteiger charge is 2.34. The highest BCUT2D eigenvalue weighted by molar-refractivity contribution is 7.07. The molecule has 1 aromatic heterocycles. The Balaban J connectivity index is 1.97. The van der Waals surface area contributed by atoms with Crippen molar-refractivity contribution in [2.24, 2.45) is 4.99 Å². The molecule has 186 valence electrons. The molecule has 1 aliphatic heterocycles. The molecule has 0 bridgehead atoms. The number of aromatic nitrogens is 1. The number of esters is 1. The Morgan fingerprint density at radius 2 is 2.08 bits per heavy atom. The first-order valence-electron chi connectivity index (χ1n) is 11.3. The van der Waals surface area contributed by atoms with Crippen molar-refractivity contribution in [3.8, 4) is 11.5 Å². The molecule has 9 heteroatoms. The number of benzene rings is 2. The number of ether oxygens (including phenoxy) is 2. The van der Waals surface area contributed by atoms with Gasteiger partial charge in [0, 0.05) is 10.6 Å². The van der Waals surface area contributed by atoms with Crippen LogP contribution in [0.1, 0.15) is 36.6 Å². The van der Waals surface area contributed by atoms with Gasteiger partial charge in [-0.25, -0.2) is 9.79 Å². The lowest BCUT2D eigenvalue weighted by Crippen LogP contribution is -2.40. The molecule has 4 rings (SSSR count). The summed E-state index contributed by atoms with van der Waals surface area (Å²) in [6, 6.07) is 9.73. The summed E-state index contributed by atoms with van der Waals surface area (Å²) in [4.78, 5) is 31.7. The fourth-order valence-electron chi connectivity index (χ4n) is 4.17. The molecule has 36 heavy (non-hydrogen) atoms. The second-order valence-electron chi connectivity index (χ2n) is 8.05. The second kappa shape index (κ2) is 10.6. The SMILES string of the molecule is C=CCc1cc(/C=c2/sc3n(c2=O)[C@@H](c2ccccc2Cl)C(C(=O)OCC)=C(C)N=3)cc(OC)c1O. The number of fused-ring (bicyclic) bond motifs is 1. The summed E-state index contributed by atoms with van der Waals surface area (Å²) in [6.45, 7) is 7.36. The van der Waals surface area contributed by atoms with Gasteiger partial charge >= 0.3 is 5.97 Å². The van der Waals surface area contributed by atoms with E-state index in [4.69, 9.17) is 21.1 Å². The van der Waals surface area contributed by atoms with Crippen molar-refractivity contribution in [3.05, 3.63) is 102 Å². The summed E-state index contributed by atoms with van der Waals surface area (Å²) in [5, 5.41) is 10.8. The molecule has 0 aliphatic carbocycles. The Labute approximate surface area is 216 Å². The van der Waals surface area contributed by atoms with Gasteiger partial charge in [0.15, 0.2) is 16.3 Å². The largest absolute Gasteiger partial charge is 0.504 e. The van der Waals surface area contributed by atoms with Crippen molar-refractivity contribution in [1.29, 1.82) is 0 Å². The fourth-order valence-corrected chi connectivity index (χ4v) is 5.46. The minimum Gasteiger partial charge on any atom is -0.504 e. The van der Waals surface area contributed by atoms with Gasteiger partial charge in [-0.1, -0.05) is 47.2 Å². The Morgan fingerprint density at radius 3 is 2.75 bits per heavy atom. The molecule has 0 radical (unpaired) electrons. The third kappa shape index (κ3) is 4.62. The molecular formula is C27H25ClN2O5S. The number of carbonyl (C=O) groups is 1. The van der Waals surface area contributed by atoms with Gasteiger partial charge < -0.3 is 14.6 Å². The van der Waals surface area contributed by atoms with E-state index in [1.165, 1.54) is 23.0 Å². The van der Waals surface area contributed by atoms with Gasteiger partial charge in [0.05, 0.1) is 29.5 Å². The summed E-state index contributed by atoms with van der Waals surface area (Å²) < 4.78 is 12.5. The van der Waals surface area contributed by atoms with Crippen LogP contribution in [0.3, 0.4) is 0 Å².